The Bertz CT molecular complexity index is 2170. The zero-order chi connectivity index (χ0) is 35.8. The molecule has 5 rings (SSSR count). The maximum atomic E-state index is 13.4. The SMILES string of the molecule is CCOC(=O)C(CNC(=O)c1ccc(OCCOc2c(-c3ccc(Cl)cc3Cl)oc3ccccc3c2=O)cc1)NS(=O)(=O)c1ccc(C)cc1. The van der Waals surface area contributed by atoms with Crippen LogP contribution >= 0.6 is 23.2 Å². The molecule has 0 aliphatic heterocycles. The number of hydrogen-bond donors (Lipinski definition) is 2. The van der Waals surface area contributed by atoms with E-state index in [2.05, 4.69) is 10.0 Å². The molecule has 0 aliphatic rings. The molecule has 1 aromatic heterocycles. The maximum Gasteiger partial charge on any atom is 0.326 e. The lowest BCUT2D eigenvalue weighted by Gasteiger charge is -2.18. The molecule has 1 unspecified atom stereocenters. The van der Waals surface area contributed by atoms with Crippen molar-refractivity contribution in [3.63, 3.8) is 0 Å². The first-order valence-corrected chi connectivity index (χ1v) is 17.6. The summed E-state index contributed by atoms with van der Waals surface area (Å²) in [6, 6.07) is 22.4. The van der Waals surface area contributed by atoms with Crippen molar-refractivity contribution < 1.29 is 36.6 Å². The molecule has 14 heteroatoms. The number of rotatable bonds is 14. The molecule has 2 N–H and O–H groups in total. The lowest BCUT2D eigenvalue weighted by atomic mass is 10.1. The molecular formula is C36H32Cl2N2O9S. The van der Waals surface area contributed by atoms with Crippen LogP contribution in [0.4, 0.5) is 0 Å². The van der Waals surface area contributed by atoms with E-state index in [-0.39, 0.29) is 58.8 Å². The molecule has 1 atom stereocenters. The highest BCUT2D eigenvalue weighted by Crippen LogP contribution is 2.36. The van der Waals surface area contributed by atoms with Crippen molar-refractivity contribution in [1.29, 1.82) is 0 Å². The number of carbonyl (C=O) groups is 2. The van der Waals surface area contributed by atoms with Gasteiger partial charge in [0.25, 0.3) is 5.91 Å². The number of aryl methyl sites for hydroxylation is 1. The second-order valence-corrected chi connectivity index (χ2v) is 13.4. The average molecular weight is 740 g/mol. The fourth-order valence-electron chi connectivity index (χ4n) is 4.80. The first-order valence-electron chi connectivity index (χ1n) is 15.4. The van der Waals surface area contributed by atoms with E-state index in [0.29, 0.717) is 27.3 Å². The Balaban J connectivity index is 1.20. The minimum absolute atomic E-state index is 0.0234. The number of para-hydroxylation sites is 1. The van der Waals surface area contributed by atoms with Gasteiger partial charge in [-0.3, -0.25) is 14.4 Å². The lowest BCUT2D eigenvalue weighted by molar-refractivity contribution is -0.144. The van der Waals surface area contributed by atoms with Gasteiger partial charge >= 0.3 is 5.97 Å². The predicted octanol–water partition coefficient (Wildman–Crippen LogP) is 6.17. The Hall–Kier alpha value is -4.88. The van der Waals surface area contributed by atoms with Gasteiger partial charge in [-0.2, -0.15) is 4.72 Å². The van der Waals surface area contributed by atoms with Crippen LogP contribution in [0.15, 0.2) is 105 Å². The van der Waals surface area contributed by atoms with Crippen LogP contribution in [0.5, 0.6) is 11.5 Å². The van der Waals surface area contributed by atoms with Gasteiger partial charge in [-0.15, -0.1) is 0 Å². The highest BCUT2D eigenvalue weighted by molar-refractivity contribution is 7.89. The Labute approximate surface area is 298 Å². The van der Waals surface area contributed by atoms with Gasteiger partial charge in [0.15, 0.2) is 5.76 Å². The number of ether oxygens (including phenoxy) is 3. The molecule has 260 valence electrons. The van der Waals surface area contributed by atoms with Crippen LogP contribution in [0.1, 0.15) is 22.8 Å². The topological polar surface area (TPSA) is 150 Å². The predicted molar refractivity (Wildman–Crippen MR) is 190 cm³/mol. The molecule has 0 saturated carbocycles. The van der Waals surface area contributed by atoms with Gasteiger partial charge in [-0.25, -0.2) is 8.42 Å². The van der Waals surface area contributed by atoms with Crippen LogP contribution in [-0.4, -0.2) is 52.7 Å². The van der Waals surface area contributed by atoms with Gasteiger partial charge in [-0.05, 0) is 80.6 Å². The summed E-state index contributed by atoms with van der Waals surface area (Å²) in [5, 5.41) is 3.61. The summed E-state index contributed by atoms with van der Waals surface area (Å²) >= 11 is 12.5. The van der Waals surface area contributed by atoms with Crippen molar-refractivity contribution in [3.05, 3.63) is 122 Å². The minimum atomic E-state index is -4.08. The van der Waals surface area contributed by atoms with Crippen molar-refractivity contribution in [1.82, 2.24) is 10.0 Å². The molecule has 1 heterocycles. The third kappa shape index (κ3) is 8.82. The number of benzene rings is 4. The average Bonchev–Trinajstić information content (AvgIpc) is 3.09. The van der Waals surface area contributed by atoms with E-state index in [1.54, 1.807) is 67.6 Å². The Morgan fingerprint density at radius 1 is 0.900 bits per heavy atom. The third-order valence-corrected chi connectivity index (χ3v) is 9.35. The number of halogens is 2. The van der Waals surface area contributed by atoms with E-state index >= 15 is 0 Å². The second kappa shape index (κ2) is 16.2. The summed E-state index contributed by atoms with van der Waals surface area (Å²) in [6.07, 6.45) is 0. The largest absolute Gasteiger partial charge is 0.490 e. The van der Waals surface area contributed by atoms with Crippen molar-refractivity contribution in [3.8, 4) is 22.8 Å². The summed E-state index contributed by atoms with van der Waals surface area (Å²) in [5.74, 6) is -0.865. The number of sulfonamides is 1. The first kappa shape index (κ1) is 36.4. The second-order valence-electron chi connectivity index (χ2n) is 10.9. The number of fused-ring (bicyclic) bond motifs is 1. The molecule has 0 radical (unpaired) electrons. The summed E-state index contributed by atoms with van der Waals surface area (Å²) in [5.41, 5.74) is 1.52. The highest BCUT2D eigenvalue weighted by Gasteiger charge is 2.28. The van der Waals surface area contributed by atoms with Gasteiger partial charge in [0.2, 0.25) is 21.2 Å². The lowest BCUT2D eigenvalue weighted by Crippen LogP contribution is -2.49. The summed E-state index contributed by atoms with van der Waals surface area (Å²) in [7, 11) is -4.08. The van der Waals surface area contributed by atoms with Crippen LogP contribution < -0.4 is 24.9 Å². The third-order valence-electron chi connectivity index (χ3n) is 7.31. The van der Waals surface area contributed by atoms with E-state index < -0.39 is 27.9 Å². The molecule has 4 aromatic carbocycles. The van der Waals surface area contributed by atoms with Gasteiger partial charge in [-0.1, -0.05) is 53.0 Å². The van der Waals surface area contributed by atoms with Gasteiger partial charge < -0.3 is 23.9 Å². The van der Waals surface area contributed by atoms with Gasteiger partial charge in [0.1, 0.15) is 30.6 Å². The zero-order valence-corrected chi connectivity index (χ0v) is 29.2. The van der Waals surface area contributed by atoms with Crippen LogP contribution in [0.2, 0.25) is 10.0 Å². The summed E-state index contributed by atoms with van der Waals surface area (Å²) in [4.78, 5) is 38.8. The molecule has 0 bridgehead atoms. The number of carbonyl (C=O) groups excluding carboxylic acids is 2. The highest BCUT2D eigenvalue weighted by atomic mass is 35.5. The molecule has 0 fully saturated rings. The quantitative estimate of drug-likeness (QED) is 0.101. The van der Waals surface area contributed by atoms with E-state index in [1.165, 1.54) is 30.3 Å². The Kier molecular flexibility index (Phi) is 11.8. The number of hydrogen-bond acceptors (Lipinski definition) is 9. The van der Waals surface area contributed by atoms with Crippen molar-refractivity contribution in [2.75, 3.05) is 26.4 Å². The fraction of sp³-hybridized carbons (Fsp3) is 0.194. The molecule has 0 aliphatic carbocycles. The number of nitrogens with one attached hydrogen (secondary N) is 2. The normalized spacial score (nSPS) is 11.9. The smallest absolute Gasteiger partial charge is 0.326 e. The first-order chi connectivity index (χ1) is 24.0. The Morgan fingerprint density at radius 2 is 1.60 bits per heavy atom. The number of esters is 1. The van der Waals surface area contributed by atoms with E-state index in [0.717, 1.165) is 5.56 Å². The molecule has 1 amide bonds. The van der Waals surface area contributed by atoms with E-state index in [4.69, 9.17) is 41.8 Å². The molecule has 11 nitrogen and oxygen atoms in total. The van der Waals surface area contributed by atoms with Crippen LogP contribution in [0.25, 0.3) is 22.3 Å². The molecule has 0 saturated heterocycles. The summed E-state index contributed by atoms with van der Waals surface area (Å²) in [6.45, 7) is 3.08. The standard InChI is InChI=1S/C36H32Cl2N2O9S/c1-3-46-36(43)30(40-50(44,45)26-15-8-22(2)9-16-26)21-39-35(42)23-10-13-25(14-11-23)47-18-19-48-34-32(41)28-6-4-5-7-31(28)49-33(34)27-17-12-24(37)20-29(27)38/h4-17,20,30,40H,3,18-19,21H2,1-2H3,(H,39,42). The zero-order valence-electron chi connectivity index (χ0n) is 26.9. The van der Waals surface area contributed by atoms with Crippen LogP contribution in [-0.2, 0) is 19.6 Å². The van der Waals surface area contributed by atoms with Crippen LogP contribution in [0.3, 0.4) is 0 Å². The maximum absolute atomic E-state index is 13.4. The molecule has 50 heavy (non-hydrogen) atoms. The molecular weight excluding hydrogens is 707 g/mol. The minimum Gasteiger partial charge on any atom is -0.490 e. The van der Waals surface area contributed by atoms with Gasteiger partial charge in [0, 0.05) is 22.7 Å². The fourth-order valence-corrected chi connectivity index (χ4v) is 6.48. The summed E-state index contributed by atoms with van der Waals surface area (Å²) < 4.78 is 50.8. The van der Waals surface area contributed by atoms with Gasteiger partial charge in [0.05, 0.1) is 21.9 Å². The van der Waals surface area contributed by atoms with Crippen molar-refractivity contribution in [2.45, 2.75) is 24.8 Å². The molecule has 5 aromatic rings. The molecule has 0 spiro atoms. The van der Waals surface area contributed by atoms with Crippen LogP contribution in [0, 0.1) is 6.92 Å². The Morgan fingerprint density at radius 3 is 2.30 bits per heavy atom. The van der Waals surface area contributed by atoms with Crippen molar-refractivity contribution >= 4 is 56.1 Å². The number of amides is 1. The monoisotopic (exact) mass is 738 g/mol. The van der Waals surface area contributed by atoms with E-state index in [1.807, 2.05) is 6.92 Å². The van der Waals surface area contributed by atoms with Crippen molar-refractivity contribution in [2.24, 2.45) is 0 Å². The van der Waals surface area contributed by atoms with E-state index in [9.17, 15) is 22.8 Å².